The summed E-state index contributed by atoms with van der Waals surface area (Å²) in [5.41, 5.74) is -0.275. The van der Waals surface area contributed by atoms with Crippen LogP contribution in [0, 0.1) is 0 Å². The van der Waals surface area contributed by atoms with Crippen molar-refractivity contribution >= 4 is 0 Å². The Labute approximate surface area is 86.9 Å². The Morgan fingerprint density at radius 3 is 2.93 bits per heavy atom. The zero-order valence-electron chi connectivity index (χ0n) is 8.59. The van der Waals surface area contributed by atoms with Crippen LogP contribution in [0.25, 0.3) is 0 Å². The molecule has 1 atom stereocenters. The molecule has 1 aliphatic rings. The van der Waals surface area contributed by atoms with Crippen LogP contribution in [0.4, 0.5) is 8.78 Å². The first-order valence-electron chi connectivity index (χ1n) is 5.12. The smallest absolute Gasteiger partial charge is 0.290 e. The topological polar surface area (TPSA) is 38.1 Å². The van der Waals surface area contributed by atoms with Gasteiger partial charge in [-0.3, -0.25) is 0 Å². The van der Waals surface area contributed by atoms with Crippen molar-refractivity contribution in [2.75, 3.05) is 13.1 Å². The summed E-state index contributed by atoms with van der Waals surface area (Å²) >= 11 is 0. The number of hydrogen-bond donors (Lipinski definition) is 1. The molecule has 1 aliphatic heterocycles. The highest BCUT2D eigenvalue weighted by Gasteiger charge is 2.30. The molecule has 1 unspecified atom stereocenters. The maximum Gasteiger partial charge on any atom is 0.290 e. The maximum atomic E-state index is 12.9. The van der Waals surface area contributed by atoms with E-state index in [0.717, 1.165) is 39.1 Å². The number of aromatic nitrogens is 1. The molecule has 1 fully saturated rings. The van der Waals surface area contributed by atoms with Gasteiger partial charge in [0.25, 0.3) is 5.92 Å². The lowest BCUT2D eigenvalue weighted by molar-refractivity contribution is 0.0126. The van der Waals surface area contributed by atoms with Crippen molar-refractivity contribution < 1.29 is 13.2 Å². The third kappa shape index (κ3) is 2.34. The van der Waals surface area contributed by atoms with E-state index in [0.29, 0.717) is 5.89 Å². The van der Waals surface area contributed by atoms with E-state index < -0.39 is 5.92 Å². The molecule has 1 saturated heterocycles. The molecule has 0 aromatic carbocycles. The number of nitrogens with one attached hydrogen (secondary N) is 1. The van der Waals surface area contributed by atoms with Crippen LogP contribution in [0.1, 0.15) is 37.3 Å². The van der Waals surface area contributed by atoms with Crippen LogP contribution in [0.15, 0.2) is 10.7 Å². The fourth-order valence-corrected chi connectivity index (χ4v) is 1.74. The largest absolute Gasteiger partial charge is 0.448 e. The van der Waals surface area contributed by atoms with Gasteiger partial charge >= 0.3 is 0 Å². The molecular weight excluding hydrogens is 202 g/mol. The molecule has 0 aliphatic carbocycles. The molecule has 2 rings (SSSR count). The van der Waals surface area contributed by atoms with Crippen LogP contribution >= 0.6 is 0 Å². The summed E-state index contributed by atoms with van der Waals surface area (Å²) in [6.07, 6.45) is 3.04. The second kappa shape index (κ2) is 3.89. The SMILES string of the molecule is CC(F)(F)c1coc(C2CCCNC2)n1. The molecule has 0 spiro atoms. The summed E-state index contributed by atoms with van der Waals surface area (Å²) in [4.78, 5) is 3.85. The predicted octanol–water partition coefficient (Wildman–Crippen LogP) is 2.25. The Balaban J connectivity index is 2.12. The number of nitrogens with zero attached hydrogens (tertiary/aromatic N) is 1. The van der Waals surface area contributed by atoms with Crippen LogP contribution in [0.3, 0.4) is 0 Å². The van der Waals surface area contributed by atoms with E-state index in [2.05, 4.69) is 10.3 Å². The molecule has 84 valence electrons. The van der Waals surface area contributed by atoms with Crippen LogP contribution in [0.2, 0.25) is 0 Å². The van der Waals surface area contributed by atoms with Gasteiger partial charge in [0.1, 0.15) is 12.0 Å². The first-order valence-corrected chi connectivity index (χ1v) is 5.12. The fourth-order valence-electron chi connectivity index (χ4n) is 1.74. The molecule has 1 aromatic heterocycles. The van der Waals surface area contributed by atoms with Crippen LogP contribution < -0.4 is 5.32 Å². The third-order valence-corrected chi connectivity index (χ3v) is 2.62. The van der Waals surface area contributed by atoms with Crippen LogP contribution in [-0.2, 0) is 5.92 Å². The van der Waals surface area contributed by atoms with Gasteiger partial charge in [0, 0.05) is 19.4 Å². The lowest BCUT2D eigenvalue weighted by Crippen LogP contribution is -2.28. The zero-order chi connectivity index (χ0) is 10.9. The second-order valence-electron chi connectivity index (χ2n) is 4.00. The molecule has 1 N–H and O–H groups in total. The molecule has 2 heterocycles. The minimum Gasteiger partial charge on any atom is -0.448 e. The van der Waals surface area contributed by atoms with Crippen LogP contribution in [0.5, 0.6) is 0 Å². The molecule has 15 heavy (non-hydrogen) atoms. The number of hydrogen-bond acceptors (Lipinski definition) is 3. The first kappa shape index (κ1) is 10.5. The fraction of sp³-hybridized carbons (Fsp3) is 0.700. The minimum atomic E-state index is -2.91. The second-order valence-corrected chi connectivity index (χ2v) is 4.00. The predicted molar refractivity (Wildman–Crippen MR) is 50.9 cm³/mol. The maximum absolute atomic E-state index is 12.9. The Morgan fingerprint density at radius 1 is 1.60 bits per heavy atom. The van der Waals surface area contributed by atoms with Gasteiger partial charge in [0.05, 0.1) is 0 Å². The van der Waals surface area contributed by atoms with Crippen LogP contribution in [-0.4, -0.2) is 18.1 Å². The van der Waals surface area contributed by atoms with Gasteiger partial charge in [-0.2, -0.15) is 8.78 Å². The van der Waals surface area contributed by atoms with Crippen molar-refractivity contribution in [1.82, 2.24) is 10.3 Å². The summed E-state index contributed by atoms with van der Waals surface area (Å²) in [6, 6.07) is 0. The van der Waals surface area contributed by atoms with Crippen molar-refractivity contribution in [3.05, 3.63) is 17.8 Å². The average Bonchev–Trinajstić information content (AvgIpc) is 2.67. The summed E-state index contributed by atoms with van der Waals surface area (Å²) in [5.74, 6) is -2.35. The summed E-state index contributed by atoms with van der Waals surface area (Å²) in [6.45, 7) is 2.57. The van der Waals surface area contributed by atoms with Gasteiger partial charge in [-0.05, 0) is 19.4 Å². The highest BCUT2D eigenvalue weighted by atomic mass is 19.3. The van der Waals surface area contributed by atoms with E-state index in [1.165, 1.54) is 0 Å². The minimum absolute atomic E-state index is 0.134. The zero-order valence-corrected chi connectivity index (χ0v) is 8.59. The lowest BCUT2D eigenvalue weighted by Gasteiger charge is -2.19. The quantitative estimate of drug-likeness (QED) is 0.824. The van der Waals surface area contributed by atoms with Gasteiger partial charge in [-0.25, -0.2) is 4.98 Å². The van der Waals surface area contributed by atoms with E-state index in [-0.39, 0.29) is 11.6 Å². The Morgan fingerprint density at radius 2 is 2.40 bits per heavy atom. The monoisotopic (exact) mass is 216 g/mol. The summed E-state index contributed by atoms with van der Waals surface area (Å²) in [5, 5.41) is 3.19. The van der Waals surface area contributed by atoms with Gasteiger partial charge in [-0.1, -0.05) is 0 Å². The van der Waals surface area contributed by atoms with E-state index in [4.69, 9.17) is 4.42 Å². The summed E-state index contributed by atoms with van der Waals surface area (Å²) in [7, 11) is 0. The molecule has 0 radical (unpaired) electrons. The molecule has 3 nitrogen and oxygen atoms in total. The van der Waals surface area contributed by atoms with Gasteiger partial charge in [-0.15, -0.1) is 0 Å². The first-order chi connectivity index (χ1) is 7.07. The number of alkyl halides is 2. The highest BCUT2D eigenvalue weighted by Crippen LogP contribution is 2.29. The molecule has 0 saturated carbocycles. The van der Waals surface area contributed by atoms with Gasteiger partial charge < -0.3 is 9.73 Å². The number of piperidine rings is 1. The van der Waals surface area contributed by atoms with E-state index >= 15 is 0 Å². The molecule has 0 amide bonds. The van der Waals surface area contributed by atoms with E-state index in [1.807, 2.05) is 0 Å². The van der Waals surface area contributed by atoms with Crippen molar-refractivity contribution in [3.8, 4) is 0 Å². The normalized spacial score (nSPS) is 23.0. The molecule has 5 heteroatoms. The van der Waals surface area contributed by atoms with Crippen molar-refractivity contribution in [2.45, 2.75) is 31.6 Å². The van der Waals surface area contributed by atoms with Crippen molar-refractivity contribution in [1.29, 1.82) is 0 Å². The Hall–Kier alpha value is -0.970. The Kier molecular flexibility index (Phi) is 2.73. The highest BCUT2D eigenvalue weighted by molar-refractivity contribution is 5.06. The Bertz CT molecular complexity index is 326. The number of halogens is 2. The lowest BCUT2D eigenvalue weighted by atomic mass is 10.00. The molecule has 1 aromatic rings. The van der Waals surface area contributed by atoms with Crippen molar-refractivity contribution in [3.63, 3.8) is 0 Å². The van der Waals surface area contributed by atoms with E-state index in [9.17, 15) is 8.78 Å². The van der Waals surface area contributed by atoms with Crippen molar-refractivity contribution in [2.24, 2.45) is 0 Å². The number of oxazole rings is 1. The number of rotatable bonds is 2. The molecule has 0 bridgehead atoms. The standard InChI is InChI=1S/C10H14F2N2O/c1-10(11,12)8-6-15-9(14-8)7-3-2-4-13-5-7/h6-7,13H,2-5H2,1H3. The van der Waals surface area contributed by atoms with Gasteiger partial charge in [0.2, 0.25) is 0 Å². The van der Waals surface area contributed by atoms with Gasteiger partial charge in [0.15, 0.2) is 5.89 Å². The van der Waals surface area contributed by atoms with E-state index in [1.54, 1.807) is 0 Å². The molecular formula is C10H14F2N2O. The third-order valence-electron chi connectivity index (χ3n) is 2.62. The average molecular weight is 216 g/mol. The summed E-state index contributed by atoms with van der Waals surface area (Å²) < 4.78 is 30.9.